The number of anilines is 1. The van der Waals surface area contributed by atoms with E-state index in [-0.39, 0.29) is 11.3 Å². The maximum Gasteiger partial charge on any atom is 0.251 e. The van der Waals surface area contributed by atoms with Crippen LogP contribution in [-0.2, 0) is 10.2 Å². The minimum atomic E-state index is -0.0680. The predicted molar refractivity (Wildman–Crippen MR) is 96.1 cm³/mol. The van der Waals surface area contributed by atoms with Gasteiger partial charge in [-0.25, -0.2) is 0 Å². The first-order valence-electron chi connectivity index (χ1n) is 8.38. The average Bonchev–Trinajstić information content (AvgIpc) is 2.63. The molecule has 0 aliphatic carbocycles. The summed E-state index contributed by atoms with van der Waals surface area (Å²) in [6.45, 7) is 3.98. The number of amides is 1. The second kappa shape index (κ2) is 7.05. The molecule has 2 aromatic carbocycles. The maximum absolute atomic E-state index is 12.6. The highest BCUT2D eigenvalue weighted by Crippen LogP contribution is 2.34. The van der Waals surface area contributed by atoms with E-state index in [0.717, 1.165) is 31.6 Å². The van der Waals surface area contributed by atoms with Crippen LogP contribution in [-0.4, -0.2) is 25.7 Å². The average molecular weight is 324 g/mol. The topological polar surface area (TPSA) is 64.4 Å². The third kappa shape index (κ3) is 3.44. The molecule has 24 heavy (non-hydrogen) atoms. The van der Waals surface area contributed by atoms with E-state index in [9.17, 15) is 4.79 Å². The van der Waals surface area contributed by atoms with Gasteiger partial charge in [0.1, 0.15) is 0 Å². The highest BCUT2D eigenvalue weighted by Gasteiger charge is 2.34. The second-order valence-corrected chi connectivity index (χ2v) is 6.52. The number of nitrogen functional groups attached to an aromatic ring is 1. The summed E-state index contributed by atoms with van der Waals surface area (Å²) < 4.78 is 5.54. The molecule has 4 heteroatoms. The summed E-state index contributed by atoms with van der Waals surface area (Å²) in [6, 6.07) is 15.8. The van der Waals surface area contributed by atoms with Gasteiger partial charge < -0.3 is 15.8 Å². The van der Waals surface area contributed by atoms with Crippen LogP contribution in [0.2, 0.25) is 0 Å². The number of carbonyl (C=O) groups excluding carboxylic acids is 1. The summed E-state index contributed by atoms with van der Waals surface area (Å²) in [6.07, 6.45) is 1.82. The van der Waals surface area contributed by atoms with Gasteiger partial charge in [0.15, 0.2) is 0 Å². The van der Waals surface area contributed by atoms with Crippen LogP contribution in [0, 0.1) is 6.92 Å². The largest absolute Gasteiger partial charge is 0.399 e. The van der Waals surface area contributed by atoms with Crippen molar-refractivity contribution in [2.75, 3.05) is 25.5 Å². The number of aryl methyl sites for hydroxylation is 1. The van der Waals surface area contributed by atoms with Crippen LogP contribution in [0.3, 0.4) is 0 Å². The molecule has 0 saturated carbocycles. The van der Waals surface area contributed by atoms with Gasteiger partial charge in [-0.2, -0.15) is 0 Å². The van der Waals surface area contributed by atoms with E-state index < -0.39 is 0 Å². The lowest BCUT2D eigenvalue weighted by Gasteiger charge is -2.38. The van der Waals surface area contributed by atoms with E-state index in [0.29, 0.717) is 17.8 Å². The molecule has 3 N–H and O–H groups in total. The Balaban J connectivity index is 1.79. The quantitative estimate of drug-likeness (QED) is 0.850. The van der Waals surface area contributed by atoms with Crippen LogP contribution in [0.1, 0.15) is 34.3 Å². The zero-order valence-corrected chi connectivity index (χ0v) is 14.0. The lowest BCUT2D eigenvalue weighted by molar-refractivity contribution is 0.0487. The normalized spacial score (nSPS) is 16.5. The summed E-state index contributed by atoms with van der Waals surface area (Å²) >= 11 is 0. The maximum atomic E-state index is 12.6. The van der Waals surface area contributed by atoms with Crippen LogP contribution in [0.15, 0.2) is 48.5 Å². The van der Waals surface area contributed by atoms with Gasteiger partial charge in [0.2, 0.25) is 0 Å². The van der Waals surface area contributed by atoms with Crippen molar-refractivity contribution in [3.8, 4) is 0 Å². The Labute approximate surface area is 143 Å². The van der Waals surface area contributed by atoms with Gasteiger partial charge in [0.25, 0.3) is 5.91 Å². The molecule has 2 aromatic rings. The monoisotopic (exact) mass is 324 g/mol. The number of nitrogens with two attached hydrogens (primary N) is 1. The molecule has 1 heterocycles. The van der Waals surface area contributed by atoms with Crippen LogP contribution in [0.5, 0.6) is 0 Å². The lowest BCUT2D eigenvalue weighted by Crippen LogP contribution is -2.44. The number of hydrogen-bond acceptors (Lipinski definition) is 3. The van der Waals surface area contributed by atoms with Gasteiger partial charge in [-0.1, -0.05) is 36.4 Å². The van der Waals surface area contributed by atoms with Gasteiger partial charge in [0, 0.05) is 36.4 Å². The van der Waals surface area contributed by atoms with Crippen LogP contribution < -0.4 is 11.1 Å². The highest BCUT2D eigenvalue weighted by molar-refractivity contribution is 5.96. The standard InChI is InChI=1S/C20H24N2O2/c1-15-7-8-17(21)13-18(15)19(23)22-14-20(9-11-24-12-10-20)16-5-3-2-4-6-16/h2-8,13H,9-12,14,21H2,1H3,(H,22,23). The first kappa shape index (κ1) is 16.5. The Hall–Kier alpha value is -2.33. The van der Waals surface area contributed by atoms with Crippen molar-refractivity contribution in [3.63, 3.8) is 0 Å². The van der Waals surface area contributed by atoms with Crippen molar-refractivity contribution in [2.24, 2.45) is 0 Å². The first-order valence-corrected chi connectivity index (χ1v) is 8.38. The van der Waals surface area contributed by atoms with Crippen molar-refractivity contribution in [2.45, 2.75) is 25.2 Å². The van der Waals surface area contributed by atoms with Gasteiger partial charge in [-0.3, -0.25) is 4.79 Å². The van der Waals surface area contributed by atoms with E-state index in [4.69, 9.17) is 10.5 Å². The fourth-order valence-electron chi connectivity index (χ4n) is 3.35. The van der Waals surface area contributed by atoms with E-state index >= 15 is 0 Å². The molecule has 0 aromatic heterocycles. The van der Waals surface area contributed by atoms with Crippen LogP contribution in [0.4, 0.5) is 5.69 Å². The van der Waals surface area contributed by atoms with E-state index in [1.165, 1.54) is 5.56 Å². The van der Waals surface area contributed by atoms with Crippen molar-refractivity contribution in [1.82, 2.24) is 5.32 Å². The Morgan fingerprint density at radius 1 is 1.17 bits per heavy atom. The molecular formula is C20H24N2O2. The number of hydrogen-bond donors (Lipinski definition) is 2. The molecule has 1 amide bonds. The lowest BCUT2D eigenvalue weighted by atomic mass is 9.74. The molecule has 0 spiro atoms. The molecule has 1 aliphatic heterocycles. The number of nitrogens with one attached hydrogen (secondary N) is 1. The molecule has 4 nitrogen and oxygen atoms in total. The zero-order valence-electron chi connectivity index (χ0n) is 14.0. The minimum absolute atomic E-state index is 0.0661. The molecule has 0 bridgehead atoms. The fourth-order valence-corrected chi connectivity index (χ4v) is 3.35. The fraction of sp³-hybridized carbons (Fsp3) is 0.350. The van der Waals surface area contributed by atoms with E-state index in [2.05, 4.69) is 29.6 Å². The molecule has 0 unspecified atom stereocenters. The third-order valence-corrected chi connectivity index (χ3v) is 4.93. The molecule has 0 atom stereocenters. The van der Waals surface area contributed by atoms with Gasteiger partial charge in [-0.15, -0.1) is 0 Å². The number of rotatable bonds is 4. The van der Waals surface area contributed by atoms with Crippen LogP contribution in [0.25, 0.3) is 0 Å². The zero-order chi connectivity index (χ0) is 17.0. The number of carbonyl (C=O) groups is 1. The summed E-state index contributed by atoms with van der Waals surface area (Å²) in [5.74, 6) is -0.0680. The smallest absolute Gasteiger partial charge is 0.251 e. The summed E-state index contributed by atoms with van der Waals surface area (Å²) in [7, 11) is 0. The highest BCUT2D eigenvalue weighted by atomic mass is 16.5. The summed E-state index contributed by atoms with van der Waals surface area (Å²) in [5, 5.41) is 3.13. The van der Waals surface area contributed by atoms with Gasteiger partial charge in [-0.05, 0) is 43.0 Å². The number of ether oxygens (including phenoxy) is 1. The molecule has 1 saturated heterocycles. The van der Waals surface area contributed by atoms with Gasteiger partial charge >= 0.3 is 0 Å². The molecule has 0 radical (unpaired) electrons. The Morgan fingerprint density at radius 2 is 1.88 bits per heavy atom. The van der Waals surface area contributed by atoms with Gasteiger partial charge in [0.05, 0.1) is 0 Å². The Bertz CT molecular complexity index is 707. The first-order chi connectivity index (χ1) is 11.6. The van der Waals surface area contributed by atoms with Crippen molar-refractivity contribution >= 4 is 11.6 Å². The molecule has 1 fully saturated rings. The minimum Gasteiger partial charge on any atom is -0.399 e. The summed E-state index contributed by atoms with van der Waals surface area (Å²) in [5.41, 5.74) is 9.20. The molecular weight excluding hydrogens is 300 g/mol. The van der Waals surface area contributed by atoms with Crippen LogP contribution >= 0.6 is 0 Å². The molecule has 1 aliphatic rings. The van der Waals surface area contributed by atoms with Crippen molar-refractivity contribution < 1.29 is 9.53 Å². The van der Waals surface area contributed by atoms with E-state index in [1.807, 2.05) is 25.1 Å². The van der Waals surface area contributed by atoms with Crippen molar-refractivity contribution in [3.05, 3.63) is 65.2 Å². The third-order valence-electron chi connectivity index (χ3n) is 4.93. The van der Waals surface area contributed by atoms with Crippen molar-refractivity contribution in [1.29, 1.82) is 0 Å². The molecule has 126 valence electrons. The Morgan fingerprint density at radius 3 is 2.58 bits per heavy atom. The summed E-state index contributed by atoms with van der Waals surface area (Å²) in [4.78, 5) is 12.6. The molecule has 3 rings (SSSR count). The Kier molecular flexibility index (Phi) is 4.86. The SMILES string of the molecule is Cc1ccc(N)cc1C(=O)NCC1(c2ccccc2)CCOCC1. The second-order valence-electron chi connectivity index (χ2n) is 6.52. The number of benzene rings is 2. The predicted octanol–water partition coefficient (Wildman–Crippen LogP) is 3.06. The van der Waals surface area contributed by atoms with E-state index in [1.54, 1.807) is 6.07 Å².